The first kappa shape index (κ1) is 17.7. The molecule has 0 fully saturated rings. The van der Waals surface area contributed by atoms with E-state index in [4.69, 9.17) is 4.74 Å². The Morgan fingerprint density at radius 1 is 1.00 bits per heavy atom. The van der Waals surface area contributed by atoms with Crippen molar-refractivity contribution in [2.45, 2.75) is 13.5 Å². The van der Waals surface area contributed by atoms with E-state index in [9.17, 15) is 4.79 Å². The van der Waals surface area contributed by atoms with Gasteiger partial charge in [0.2, 0.25) is 0 Å². The van der Waals surface area contributed by atoms with Crippen LogP contribution >= 0.6 is 0 Å². The fourth-order valence-corrected chi connectivity index (χ4v) is 3.00. The molecule has 0 bridgehead atoms. The first-order valence-corrected chi connectivity index (χ1v) is 8.99. The number of pyridine rings is 2. The van der Waals surface area contributed by atoms with Gasteiger partial charge in [-0.3, -0.25) is 14.8 Å². The number of para-hydroxylation sites is 1. The average molecular weight is 369 g/mol. The minimum Gasteiger partial charge on any atom is -0.487 e. The highest BCUT2D eigenvalue weighted by molar-refractivity contribution is 6.12. The van der Waals surface area contributed by atoms with Gasteiger partial charge in [0.15, 0.2) is 0 Å². The van der Waals surface area contributed by atoms with Crippen LogP contribution in [0.25, 0.3) is 10.9 Å². The van der Waals surface area contributed by atoms with Crippen LogP contribution in [-0.2, 0) is 6.61 Å². The summed E-state index contributed by atoms with van der Waals surface area (Å²) >= 11 is 0. The summed E-state index contributed by atoms with van der Waals surface area (Å²) in [5.74, 6) is 0.489. The third kappa shape index (κ3) is 3.99. The smallest absolute Gasteiger partial charge is 0.256 e. The maximum absolute atomic E-state index is 12.9. The van der Waals surface area contributed by atoms with Crippen molar-refractivity contribution >= 4 is 22.5 Å². The van der Waals surface area contributed by atoms with E-state index in [0.717, 1.165) is 22.3 Å². The Labute approximate surface area is 163 Å². The van der Waals surface area contributed by atoms with Crippen molar-refractivity contribution in [3.05, 3.63) is 95.9 Å². The molecule has 0 aliphatic heterocycles. The van der Waals surface area contributed by atoms with Crippen molar-refractivity contribution in [3.8, 4) is 5.75 Å². The molecule has 0 atom stereocenters. The topological polar surface area (TPSA) is 64.1 Å². The van der Waals surface area contributed by atoms with Gasteiger partial charge in [-0.25, -0.2) is 0 Å². The zero-order valence-corrected chi connectivity index (χ0v) is 15.4. The number of nitrogens with one attached hydrogen (secondary N) is 1. The van der Waals surface area contributed by atoms with Crippen LogP contribution in [-0.4, -0.2) is 15.9 Å². The summed E-state index contributed by atoms with van der Waals surface area (Å²) in [7, 11) is 0. The Bertz CT molecular complexity index is 1130. The summed E-state index contributed by atoms with van der Waals surface area (Å²) in [6.45, 7) is 2.25. The van der Waals surface area contributed by atoms with Crippen LogP contribution in [0, 0.1) is 6.92 Å². The normalized spacial score (nSPS) is 10.6. The van der Waals surface area contributed by atoms with Gasteiger partial charge in [0.25, 0.3) is 5.91 Å². The van der Waals surface area contributed by atoms with Crippen LogP contribution in [0.15, 0.2) is 79.0 Å². The number of aryl methyl sites for hydroxylation is 1. The second-order valence-corrected chi connectivity index (χ2v) is 6.42. The van der Waals surface area contributed by atoms with Crippen LogP contribution in [0.2, 0.25) is 0 Å². The van der Waals surface area contributed by atoms with E-state index in [2.05, 4.69) is 15.3 Å². The first-order valence-electron chi connectivity index (χ1n) is 8.99. The number of amides is 1. The maximum Gasteiger partial charge on any atom is 0.256 e. The maximum atomic E-state index is 12.9. The number of aromatic nitrogens is 2. The molecule has 5 nitrogen and oxygen atoms in total. The van der Waals surface area contributed by atoms with Gasteiger partial charge in [-0.2, -0.15) is 0 Å². The molecule has 0 spiro atoms. The third-order valence-electron chi connectivity index (χ3n) is 4.29. The number of carbonyl (C=O) groups is 1. The van der Waals surface area contributed by atoms with Crippen molar-refractivity contribution in [1.29, 1.82) is 0 Å². The molecule has 4 rings (SSSR count). The Morgan fingerprint density at radius 3 is 2.71 bits per heavy atom. The van der Waals surface area contributed by atoms with E-state index in [1.807, 2.05) is 67.6 Å². The lowest BCUT2D eigenvalue weighted by molar-refractivity contribution is 0.102. The van der Waals surface area contributed by atoms with E-state index in [1.54, 1.807) is 18.3 Å². The SMILES string of the molecule is Cc1cc(C(=O)Nc2cccc(OCc3ccccn3)c2)c2ccccc2n1. The predicted octanol–water partition coefficient (Wildman–Crippen LogP) is 4.77. The number of nitrogens with zero attached hydrogens (tertiary/aromatic N) is 2. The molecule has 2 aromatic heterocycles. The monoisotopic (exact) mass is 369 g/mol. The number of ether oxygens (including phenoxy) is 1. The molecule has 2 heterocycles. The minimum atomic E-state index is -0.177. The summed E-state index contributed by atoms with van der Waals surface area (Å²) < 4.78 is 5.79. The molecular formula is C23H19N3O2. The fourth-order valence-electron chi connectivity index (χ4n) is 3.00. The van der Waals surface area contributed by atoms with Crippen LogP contribution < -0.4 is 10.1 Å². The van der Waals surface area contributed by atoms with Crippen molar-refractivity contribution in [3.63, 3.8) is 0 Å². The van der Waals surface area contributed by atoms with E-state index in [0.29, 0.717) is 23.6 Å². The zero-order valence-electron chi connectivity index (χ0n) is 15.4. The number of anilines is 1. The van der Waals surface area contributed by atoms with Crippen LogP contribution in [0.4, 0.5) is 5.69 Å². The number of fused-ring (bicyclic) bond motifs is 1. The van der Waals surface area contributed by atoms with Gasteiger partial charge >= 0.3 is 0 Å². The first-order chi connectivity index (χ1) is 13.7. The molecule has 0 saturated carbocycles. The lowest BCUT2D eigenvalue weighted by Gasteiger charge is -2.11. The summed E-state index contributed by atoms with van der Waals surface area (Å²) in [5.41, 5.74) is 3.72. The predicted molar refractivity (Wildman–Crippen MR) is 109 cm³/mol. The molecule has 0 aliphatic carbocycles. The number of benzene rings is 2. The highest BCUT2D eigenvalue weighted by atomic mass is 16.5. The number of rotatable bonds is 5. The lowest BCUT2D eigenvalue weighted by atomic mass is 10.1. The largest absolute Gasteiger partial charge is 0.487 e. The third-order valence-corrected chi connectivity index (χ3v) is 4.29. The molecular weight excluding hydrogens is 350 g/mol. The number of carbonyl (C=O) groups excluding carboxylic acids is 1. The molecule has 5 heteroatoms. The van der Waals surface area contributed by atoms with Crippen molar-refractivity contribution in [1.82, 2.24) is 9.97 Å². The quantitative estimate of drug-likeness (QED) is 0.550. The van der Waals surface area contributed by atoms with Crippen LogP contribution in [0.5, 0.6) is 5.75 Å². The Morgan fingerprint density at radius 2 is 1.86 bits per heavy atom. The summed E-state index contributed by atoms with van der Waals surface area (Å²) in [6.07, 6.45) is 1.73. The Hall–Kier alpha value is -3.73. The Kier molecular flexibility index (Phi) is 4.97. The van der Waals surface area contributed by atoms with Crippen molar-refractivity contribution in [2.75, 3.05) is 5.32 Å². The molecule has 28 heavy (non-hydrogen) atoms. The van der Waals surface area contributed by atoms with E-state index in [-0.39, 0.29) is 5.91 Å². The summed E-state index contributed by atoms with van der Waals surface area (Å²) in [6, 6.07) is 22.5. The molecule has 4 aromatic rings. The van der Waals surface area contributed by atoms with Gasteiger partial charge < -0.3 is 10.1 Å². The lowest BCUT2D eigenvalue weighted by Crippen LogP contribution is -2.13. The van der Waals surface area contributed by atoms with Crippen LogP contribution in [0.1, 0.15) is 21.7 Å². The van der Waals surface area contributed by atoms with E-state index in [1.165, 1.54) is 0 Å². The molecule has 0 unspecified atom stereocenters. The molecule has 2 aromatic carbocycles. The highest BCUT2D eigenvalue weighted by Gasteiger charge is 2.12. The minimum absolute atomic E-state index is 0.177. The zero-order chi connectivity index (χ0) is 19.3. The molecule has 138 valence electrons. The Balaban J connectivity index is 1.52. The van der Waals surface area contributed by atoms with Crippen molar-refractivity contribution < 1.29 is 9.53 Å². The van der Waals surface area contributed by atoms with Crippen LogP contribution in [0.3, 0.4) is 0 Å². The number of hydrogen-bond donors (Lipinski definition) is 1. The van der Waals surface area contributed by atoms with Gasteiger partial charge in [0, 0.05) is 29.0 Å². The molecule has 1 amide bonds. The van der Waals surface area contributed by atoms with Crippen molar-refractivity contribution in [2.24, 2.45) is 0 Å². The summed E-state index contributed by atoms with van der Waals surface area (Å²) in [4.78, 5) is 21.6. The second kappa shape index (κ2) is 7.88. The van der Waals surface area contributed by atoms with E-state index >= 15 is 0 Å². The molecule has 1 N–H and O–H groups in total. The molecule has 0 radical (unpaired) electrons. The average Bonchev–Trinajstić information content (AvgIpc) is 2.72. The highest BCUT2D eigenvalue weighted by Crippen LogP contribution is 2.22. The second-order valence-electron chi connectivity index (χ2n) is 6.42. The van der Waals surface area contributed by atoms with Gasteiger partial charge in [0.1, 0.15) is 12.4 Å². The van der Waals surface area contributed by atoms with Gasteiger partial charge in [-0.05, 0) is 43.3 Å². The number of hydrogen-bond acceptors (Lipinski definition) is 4. The van der Waals surface area contributed by atoms with Gasteiger partial charge in [0.05, 0.1) is 16.8 Å². The fraction of sp³-hybridized carbons (Fsp3) is 0.0870. The van der Waals surface area contributed by atoms with Gasteiger partial charge in [-0.15, -0.1) is 0 Å². The van der Waals surface area contributed by atoms with E-state index < -0.39 is 0 Å². The molecule has 0 aliphatic rings. The standard InChI is InChI=1S/C23H19N3O2/c1-16-13-21(20-10-2-3-11-22(20)25-16)23(27)26-17-8-6-9-19(14-17)28-15-18-7-4-5-12-24-18/h2-14H,15H2,1H3,(H,26,27). The van der Waals surface area contributed by atoms with Gasteiger partial charge in [-0.1, -0.05) is 30.3 Å². The molecule has 0 saturated heterocycles. The summed E-state index contributed by atoms with van der Waals surface area (Å²) in [5, 5.41) is 3.78.